The normalized spacial score (nSPS) is 20.0. The zero-order chi connectivity index (χ0) is 18.9. The third kappa shape index (κ3) is 4.22. The van der Waals surface area contributed by atoms with Crippen molar-refractivity contribution in [3.63, 3.8) is 0 Å². The molecule has 2 unspecified atom stereocenters. The van der Waals surface area contributed by atoms with E-state index in [1.807, 2.05) is 48.5 Å². The Morgan fingerprint density at radius 3 is 2.29 bits per heavy atom. The van der Waals surface area contributed by atoms with Crippen molar-refractivity contribution >= 4 is 15.9 Å². The first kappa shape index (κ1) is 17.7. The Bertz CT molecular complexity index is 965. The number of hydrogen-bond acceptors (Lipinski definition) is 5. The van der Waals surface area contributed by atoms with Gasteiger partial charge in [0, 0.05) is 5.56 Å². The lowest BCUT2D eigenvalue weighted by Gasteiger charge is -2.07. The highest BCUT2D eigenvalue weighted by Crippen LogP contribution is 2.32. The van der Waals surface area contributed by atoms with Gasteiger partial charge in [0.05, 0.1) is 29.1 Å². The van der Waals surface area contributed by atoms with E-state index >= 15 is 0 Å². The van der Waals surface area contributed by atoms with Crippen LogP contribution in [-0.2, 0) is 9.47 Å². The summed E-state index contributed by atoms with van der Waals surface area (Å²) in [4.78, 5) is 0. The lowest BCUT2D eigenvalue weighted by Crippen LogP contribution is -2.04. The Morgan fingerprint density at radius 1 is 0.929 bits per heavy atom. The summed E-state index contributed by atoms with van der Waals surface area (Å²) in [5.74, 6) is 1.65. The second-order valence-electron chi connectivity index (χ2n) is 6.87. The molecule has 6 nitrogen and oxygen atoms in total. The van der Waals surface area contributed by atoms with Crippen molar-refractivity contribution < 1.29 is 18.9 Å². The van der Waals surface area contributed by atoms with Gasteiger partial charge in [-0.3, -0.25) is 5.10 Å². The Labute approximate surface area is 170 Å². The molecule has 0 spiro atoms. The van der Waals surface area contributed by atoms with Gasteiger partial charge in [0.2, 0.25) is 0 Å². The number of nitrogens with zero attached hydrogens (tertiary/aromatic N) is 1. The highest BCUT2D eigenvalue weighted by molar-refractivity contribution is 9.10. The number of nitrogens with one attached hydrogen (secondary N) is 1. The van der Waals surface area contributed by atoms with Crippen molar-refractivity contribution in [1.82, 2.24) is 10.2 Å². The van der Waals surface area contributed by atoms with Crippen molar-refractivity contribution in [3.8, 4) is 34.0 Å². The number of aromatic nitrogens is 2. The number of aromatic amines is 1. The topological polar surface area (TPSA) is 72.2 Å². The van der Waals surface area contributed by atoms with Gasteiger partial charge in [0.25, 0.3) is 0 Å². The number of epoxide rings is 2. The quantitative estimate of drug-likeness (QED) is 0.532. The number of rotatable bonds is 8. The van der Waals surface area contributed by atoms with Gasteiger partial charge in [-0.15, -0.1) is 0 Å². The highest BCUT2D eigenvalue weighted by Gasteiger charge is 2.24. The summed E-state index contributed by atoms with van der Waals surface area (Å²) in [7, 11) is 0. The van der Waals surface area contributed by atoms with E-state index in [1.165, 1.54) is 0 Å². The monoisotopic (exact) mass is 442 g/mol. The van der Waals surface area contributed by atoms with Crippen molar-refractivity contribution in [1.29, 1.82) is 0 Å². The van der Waals surface area contributed by atoms with Crippen LogP contribution in [0.2, 0.25) is 0 Å². The number of ether oxygens (including phenoxy) is 4. The predicted molar refractivity (Wildman–Crippen MR) is 108 cm³/mol. The molecule has 28 heavy (non-hydrogen) atoms. The lowest BCUT2D eigenvalue weighted by molar-refractivity contribution is 0.262. The standard InChI is InChI=1S/C21H19BrN2O4/c22-18-7-14(3-6-21(18)28-12-17-11-27-17)20-8-19(23-24-20)13-1-4-15(5-2-13)25-9-16-10-26-16/h1-8,16-17H,9-12H2,(H,23,24). The second-order valence-corrected chi connectivity index (χ2v) is 7.72. The predicted octanol–water partition coefficient (Wildman–Crippen LogP) is 4.06. The minimum atomic E-state index is 0.235. The average Bonchev–Trinajstić information content (AvgIpc) is 3.65. The minimum Gasteiger partial charge on any atom is -0.491 e. The van der Waals surface area contributed by atoms with Crippen molar-refractivity contribution in [2.75, 3.05) is 26.4 Å². The van der Waals surface area contributed by atoms with Gasteiger partial charge in [-0.1, -0.05) is 0 Å². The number of benzene rings is 2. The largest absolute Gasteiger partial charge is 0.491 e. The average molecular weight is 443 g/mol. The minimum absolute atomic E-state index is 0.235. The van der Waals surface area contributed by atoms with E-state index in [0.29, 0.717) is 13.2 Å². The molecule has 2 aliphatic rings. The molecular weight excluding hydrogens is 424 g/mol. The van der Waals surface area contributed by atoms with E-state index in [1.54, 1.807) is 0 Å². The molecule has 144 valence electrons. The van der Waals surface area contributed by atoms with Crippen LogP contribution in [0.25, 0.3) is 22.5 Å². The fraction of sp³-hybridized carbons (Fsp3) is 0.286. The van der Waals surface area contributed by atoms with Crippen LogP contribution < -0.4 is 9.47 Å². The molecular formula is C21H19BrN2O4. The van der Waals surface area contributed by atoms with Crippen LogP contribution in [0, 0.1) is 0 Å². The zero-order valence-corrected chi connectivity index (χ0v) is 16.6. The zero-order valence-electron chi connectivity index (χ0n) is 15.1. The first-order chi connectivity index (χ1) is 13.7. The van der Waals surface area contributed by atoms with Crippen molar-refractivity contribution in [2.45, 2.75) is 12.2 Å². The van der Waals surface area contributed by atoms with E-state index in [4.69, 9.17) is 18.9 Å². The number of hydrogen-bond donors (Lipinski definition) is 1. The fourth-order valence-electron chi connectivity index (χ4n) is 2.83. The first-order valence-electron chi connectivity index (χ1n) is 9.19. The molecule has 5 rings (SSSR count). The van der Waals surface area contributed by atoms with Crippen molar-refractivity contribution in [2.24, 2.45) is 0 Å². The fourth-order valence-corrected chi connectivity index (χ4v) is 3.32. The molecule has 0 saturated carbocycles. The molecule has 2 aromatic carbocycles. The van der Waals surface area contributed by atoms with Crippen LogP contribution in [0.3, 0.4) is 0 Å². The molecule has 2 atom stereocenters. The summed E-state index contributed by atoms with van der Waals surface area (Å²) in [6, 6.07) is 16.0. The molecule has 0 radical (unpaired) electrons. The van der Waals surface area contributed by atoms with E-state index in [2.05, 4.69) is 26.1 Å². The van der Waals surface area contributed by atoms with Gasteiger partial charge in [0.1, 0.15) is 36.9 Å². The summed E-state index contributed by atoms with van der Waals surface area (Å²) >= 11 is 3.58. The first-order valence-corrected chi connectivity index (χ1v) is 9.98. The van der Waals surface area contributed by atoms with Crippen LogP contribution in [0.15, 0.2) is 53.0 Å². The van der Waals surface area contributed by atoms with Crippen molar-refractivity contribution in [3.05, 3.63) is 53.0 Å². The third-order valence-corrected chi connectivity index (χ3v) is 5.26. The SMILES string of the molecule is Brc1cc(-c2cc(-c3ccc(OCC4CO4)cc3)[nH]n2)ccc1OCC1CO1. The van der Waals surface area contributed by atoms with Crippen LogP contribution in [0.1, 0.15) is 0 Å². The molecule has 1 aromatic heterocycles. The van der Waals surface area contributed by atoms with Crippen LogP contribution >= 0.6 is 15.9 Å². The Balaban J connectivity index is 1.27. The molecule has 1 N–H and O–H groups in total. The summed E-state index contributed by atoms with van der Waals surface area (Å²) < 4.78 is 22.7. The molecule has 3 heterocycles. The van der Waals surface area contributed by atoms with E-state index in [-0.39, 0.29) is 12.2 Å². The molecule has 2 saturated heterocycles. The van der Waals surface area contributed by atoms with E-state index in [0.717, 1.165) is 51.7 Å². The molecule has 3 aromatic rings. The Morgan fingerprint density at radius 2 is 1.61 bits per heavy atom. The van der Waals surface area contributed by atoms with E-state index in [9.17, 15) is 0 Å². The molecule has 0 aliphatic carbocycles. The summed E-state index contributed by atoms with van der Waals surface area (Å²) in [6.07, 6.45) is 0.493. The Hall–Kier alpha value is -2.35. The summed E-state index contributed by atoms with van der Waals surface area (Å²) in [5, 5.41) is 7.56. The molecule has 7 heteroatoms. The number of halogens is 1. The maximum absolute atomic E-state index is 5.76. The van der Waals surface area contributed by atoms with Gasteiger partial charge in [0.15, 0.2) is 0 Å². The maximum Gasteiger partial charge on any atom is 0.133 e. The van der Waals surface area contributed by atoms with E-state index < -0.39 is 0 Å². The summed E-state index contributed by atoms with van der Waals surface area (Å²) in [5.41, 5.74) is 3.89. The second kappa shape index (κ2) is 7.58. The lowest BCUT2D eigenvalue weighted by atomic mass is 10.1. The maximum atomic E-state index is 5.76. The Kier molecular flexibility index (Phi) is 4.80. The smallest absolute Gasteiger partial charge is 0.133 e. The van der Waals surface area contributed by atoms with Gasteiger partial charge in [-0.25, -0.2) is 0 Å². The van der Waals surface area contributed by atoms with Gasteiger partial charge >= 0.3 is 0 Å². The molecule has 0 amide bonds. The summed E-state index contributed by atoms with van der Waals surface area (Å²) in [6.45, 7) is 2.77. The van der Waals surface area contributed by atoms with Gasteiger partial charge in [-0.05, 0) is 70.0 Å². The van der Waals surface area contributed by atoms with Gasteiger partial charge in [-0.2, -0.15) is 5.10 Å². The third-order valence-electron chi connectivity index (χ3n) is 4.64. The highest BCUT2D eigenvalue weighted by atomic mass is 79.9. The van der Waals surface area contributed by atoms with Gasteiger partial charge < -0.3 is 18.9 Å². The van der Waals surface area contributed by atoms with Crippen LogP contribution in [-0.4, -0.2) is 48.8 Å². The molecule has 2 aliphatic heterocycles. The molecule has 2 fully saturated rings. The van der Waals surface area contributed by atoms with Crippen LogP contribution in [0.5, 0.6) is 11.5 Å². The molecule has 0 bridgehead atoms. The number of H-pyrrole nitrogens is 1. The van der Waals surface area contributed by atoms with Crippen LogP contribution in [0.4, 0.5) is 0 Å².